The lowest BCUT2D eigenvalue weighted by Crippen LogP contribution is -2.49. The maximum absolute atomic E-state index is 12.7. The molecule has 0 bridgehead atoms. The summed E-state index contributed by atoms with van der Waals surface area (Å²) in [6, 6.07) is 0. The van der Waals surface area contributed by atoms with Crippen LogP contribution in [0.4, 0.5) is 0 Å². The van der Waals surface area contributed by atoms with E-state index in [0.29, 0.717) is 26.1 Å². The van der Waals surface area contributed by atoms with Crippen LogP contribution in [0.25, 0.3) is 10.2 Å². The number of hydrogen-bond donors (Lipinski definition) is 2. The molecule has 1 amide bonds. The van der Waals surface area contributed by atoms with Gasteiger partial charge in [0.2, 0.25) is 5.91 Å². The first-order chi connectivity index (χ1) is 15.0. The summed E-state index contributed by atoms with van der Waals surface area (Å²) in [7, 11) is 0. The minimum Gasteiger partial charge on any atom is -0.341 e. The number of carbonyl (C=O) groups is 1. The molecule has 2 N–H and O–H groups in total. The first-order valence-electron chi connectivity index (χ1n) is 10.7. The third-order valence-corrected chi connectivity index (χ3v) is 8.73. The van der Waals surface area contributed by atoms with E-state index in [4.69, 9.17) is 17.2 Å². The van der Waals surface area contributed by atoms with Gasteiger partial charge in [-0.25, -0.2) is 4.98 Å². The molecule has 0 aromatic carbocycles. The van der Waals surface area contributed by atoms with Crippen LogP contribution in [0.2, 0.25) is 0 Å². The summed E-state index contributed by atoms with van der Waals surface area (Å²) in [5, 5.41) is 0.808. The van der Waals surface area contributed by atoms with Crippen molar-refractivity contribution in [1.29, 1.82) is 0 Å². The summed E-state index contributed by atoms with van der Waals surface area (Å²) >= 11 is 8.34. The van der Waals surface area contributed by atoms with E-state index in [1.54, 1.807) is 11.3 Å². The summed E-state index contributed by atoms with van der Waals surface area (Å²) in [5.74, 6) is 0.865. The van der Waals surface area contributed by atoms with Gasteiger partial charge in [0.25, 0.3) is 5.56 Å². The Morgan fingerprint density at radius 1 is 1.13 bits per heavy atom. The number of nitrogens with zero attached hydrogens (tertiary/aromatic N) is 3. The Morgan fingerprint density at radius 2 is 1.90 bits per heavy atom. The van der Waals surface area contributed by atoms with Crippen molar-refractivity contribution in [2.45, 2.75) is 45.6 Å². The normalized spacial score (nSPS) is 17.3. The molecule has 2 aliphatic rings. The topological polar surface area (TPSA) is 85.1 Å². The fourth-order valence-electron chi connectivity index (χ4n) is 4.51. The number of piperazine rings is 1. The van der Waals surface area contributed by atoms with E-state index in [1.165, 1.54) is 28.2 Å². The second-order valence-electron chi connectivity index (χ2n) is 8.30. The standard InChI is InChI=1S/C21H25N5O2S3/c1-12-15(31-21(29)22-12)10-17(27)26-8-6-25(7-9-26)11-16-23-19(28)18-13-4-2-3-5-14(13)30-20(18)24-16/h2-11H2,1H3,(H,22,29)(H,23,24,28). The molecular formula is C21H25N5O2S3. The number of thiophene rings is 1. The van der Waals surface area contributed by atoms with Crippen molar-refractivity contribution >= 4 is 51.0 Å². The van der Waals surface area contributed by atoms with Crippen molar-refractivity contribution < 1.29 is 4.79 Å². The Labute approximate surface area is 193 Å². The number of carbonyl (C=O) groups excluding carboxylic acids is 1. The molecule has 1 aliphatic carbocycles. The molecule has 1 saturated heterocycles. The van der Waals surface area contributed by atoms with Gasteiger partial charge in [-0.3, -0.25) is 14.5 Å². The molecule has 10 heteroatoms. The maximum atomic E-state index is 12.7. The van der Waals surface area contributed by atoms with Gasteiger partial charge in [0.05, 0.1) is 18.4 Å². The summed E-state index contributed by atoms with van der Waals surface area (Å²) in [6.45, 7) is 5.49. The predicted molar refractivity (Wildman–Crippen MR) is 127 cm³/mol. The van der Waals surface area contributed by atoms with Gasteiger partial charge in [-0.15, -0.1) is 22.7 Å². The van der Waals surface area contributed by atoms with E-state index in [9.17, 15) is 9.59 Å². The van der Waals surface area contributed by atoms with Gasteiger partial charge < -0.3 is 14.9 Å². The highest BCUT2D eigenvalue weighted by Gasteiger charge is 2.24. The number of aromatic nitrogens is 3. The molecule has 1 aliphatic heterocycles. The number of hydrogen-bond acceptors (Lipinski definition) is 7. The quantitative estimate of drug-likeness (QED) is 0.566. The first kappa shape index (κ1) is 21.0. The van der Waals surface area contributed by atoms with Gasteiger partial charge in [0.1, 0.15) is 10.7 Å². The third-order valence-electron chi connectivity index (χ3n) is 6.21. The molecule has 31 heavy (non-hydrogen) atoms. The van der Waals surface area contributed by atoms with Crippen molar-refractivity contribution in [2.24, 2.45) is 0 Å². The fraction of sp³-hybridized carbons (Fsp3) is 0.524. The van der Waals surface area contributed by atoms with Crippen LogP contribution in [-0.4, -0.2) is 56.8 Å². The second-order valence-corrected chi connectivity index (χ2v) is 11.2. The highest BCUT2D eigenvalue weighted by molar-refractivity contribution is 7.73. The summed E-state index contributed by atoms with van der Waals surface area (Å²) in [5.41, 5.74) is 2.21. The van der Waals surface area contributed by atoms with E-state index in [-0.39, 0.29) is 11.5 Å². The highest BCUT2D eigenvalue weighted by Crippen LogP contribution is 2.33. The van der Waals surface area contributed by atoms with E-state index in [1.807, 2.05) is 11.8 Å². The Hall–Kier alpha value is -1.88. The summed E-state index contributed by atoms with van der Waals surface area (Å²) < 4.78 is 0.718. The van der Waals surface area contributed by atoms with Crippen molar-refractivity contribution in [3.8, 4) is 0 Å². The van der Waals surface area contributed by atoms with Gasteiger partial charge in [-0.1, -0.05) is 0 Å². The average Bonchev–Trinajstić information content (AvgIpc) is 3.27. The molecule has 164 valence electrons. The van der Waals surface area contributed by atoms with Crippen LogP contribution in [0.1, 0.15) is 39.7 Å². The number of rotatable bonds is 4. The minimum absolute atomic E-state index is 0.00236. The number of amides is 1. The Balaban J connectivity index is 1.23. The number of fused-ring (bicyclic) bond motifs is 3. The molecular weight excluding hydrogens is 450 g/mol. The van der Waals surface area contributed by atoms with Gasteiger partial charge in [-0.2, -0.15) is 0 Å². The Kier molecular flexibility index (Phi) is 5.80. The molecule has 3 aromatic rings. The molecule has 7 nitrogen and oxygen atoms in total. The molecule has 0 radical (unpaired) electrons. The lowest BCUT2D eigenvalue weighted by Gasteiger charge is -2.34. The molecule has 5 rings (SSSR count). The minimum atomic E-state index is -0.00236. The van der Waals surface area contributed by atoms with Crippen LogP contribution in [0.3, 0.4) is 0 Å². The van der Waals surface area contributed by atoms with Crippen LogP contribution in [0.5, 0.6) is 0 Å². The molecule has 0 spiro atoms. The van der Waals surface area contributed by atoms with Crippen LogP contribution >= 0.6 is 34.9 Å². The molecule has 0 atom stereocenters. The maximum Gasteiger partial charge on any atom is 0.259 e. The van der Waals surface area contributed by atoms with Gasteiger partial charge in [0, 0.05) is 41.6 Å². The summed E-state index contributed by atoms with van der Waals surface area (Å²) in [6.07, 6.45) is 4.82. The first-order valence-corrected chi connectivity index (χ1v) is 12.7. The molecule has 0 unspecified atom stereocenters. The van der Waals surface area contributed by atoms with E-state index in [0.717, 1.165) is 62.9 Å². The smallest absolute Gasteiger partial charge is 0.259 e. The van der Waals surface area contributed by atoms with E-state index < -0.39 is 0 Å². The molecule has 0 saturated carbocycles. The largest absolute Gasteiger partial charge is 0.341 e. The zero-order valence-corrected chi connectivity index (χ0v) is 19.9. The molecule has 4 heterocycles. The van der Waals surface area contributed by atoms with Crippen LogP contribution in [-0.2, 0) is 30.6 Å². The van der Waals surface area contributed by atoms with Crippen molar-refractivity contribution in [3.63, 3.8) is 0 Å². The van der Waals surface area contributed by atoms with Gasteiger partial charge in [0.15, 0.2) is 3.95 Å². The fourth-order valence-corrected chi connectivity index (χ4v) is 7.07. The number of aryl methyl sites for hydroxylation is 3. The molecule has 3 aromatic heterocycles. The third kappa shape index (κ3) is 4.26. The van der Waals surface area contributed by atoms with Crippen molar-refractivity contribution in [3.05, 3.63) is 41.1 Å². The van der Waals surface area contributed by atoms with Crippen LogP contribution in [0.15, 0.2) is 4.79 Å². The van der Waals surface area contributed by atoms with E-state index >= 15 is 0 Å². The average molecular weight is 476 g/mol. The SMILES string of the molecule is Cc1[nH]c(=S)sc1CC(=O)N1CCN(Cc2nc3sc4c(c3c(=O)[nH]2)CCCC4)CC1. The lowest BCUT2D eigenvalue weighted by atomic mass is 9.97. The van der Waals surface area contributed by atoms with Crippen LogP contribution in [0, 0.1) is 10.9 Å². The second kappa shape index (κ2) is 8.57. The highest BCUT2D eigenvalue weighted by atomic mass is 32.1. The lowest BCUT2D eigenvalue weighted by molar-refractivity contribution is -0.132. The zero-order valence-electron chi connectivity index (χ0n) is 17.5. The monoisotopic (exact) mass is 475 g/mol. The number of thiazole rings is 1. The zero-order chi connectivity index (χ0) is 21.5. The van der Waals surface area contributed by atoms with Gasteiger partial charge in [-0.05, 0) is 50.4 Å². The Morgan fingerprint density at radius 3 is 2.65 bits per heavy atom. The Bertz CT molecular complexity index is 1250. The van der Waals surface area contributed by atoms with Crippen LogP contribution < -0.4 is 5.56 Å². The molecule has 1 fully saturated rings. The van der Waals surface area contributed by atoms with Gasteiger partial charge >= 0.3 is 0 Å². The number of H-pyrrole nitrogens is 2. The van der Waals surface area contributed by atoms with Crippen molar-refractivity contribution in [2.75, 3.05) is 26.2 Å². The predicted octanol–water partition coefficient (Wildman–Crippen LogP) is 3.18. The number of aromatic amines is 2. The van der Waals surface area contributed by atoms with E-state index in [2.05, 4.69) is 14.9 Å². The van der Waals surface area contributed by atoms with Crippen molar-refractivity contribution in [1.82, 2.24) is 24.8 Å². The summed E-state index contributed by atoms with van der Waals surface area (Å²) in [4.78, 5) is 43.8. The number of nitrogens with one attached hydrogen (secondary N) is 2.